The number of hydrogen-bond acceptors (Lipinski definition) is 4. The third-order valence-corrected chi connectivity index (χ3v) is 5.31. The first-order chi connectivity index (χ1) is 10.1. The van der Waals surface area contributed by atoms with Crippen LogP contribution < -0.4 is 4.72 Å². The number of nitrogens with one attached hydrogen (secondary N) is 1. The first-order valence-corrected chi connectivity index (χ1v) is 8.89. The molecule has 6 heteroatoms. The zero-order chi connectivity index (χ0) is 15.3. The Kier molecular flexibility index (Phi) is 5.75. The number of rotatable bonds is 7. The summed E-state index contributed by atoms with van der Waals surface area (Å²) in [6.45, 7) is 2.90. The van der Waals surface area contributed by atoms with Gasteiger partial charge in [0.1, 0.15) is 0 Å². The summed E-state index contributed by atoms with van der Waals surface area (Å²) < 4.78 is 33.0. The molecule has 21 heavy (non-hydrogen) atoms. The molecule has 1 aliphatic rings. The van der Waals surface area contributed by atoms with Gasteiger partial charge in [0.2, 0.25) is 10.0 Å². The predicted molar refractivity (Wildman–Crippen MR) is 80.5 cm³/mol. The van der Waals surface area contributed by atoms with Crippen molar-refractivity contribution in [3.8, 4) is 0 Å². The fourth-order valence-corrected chi connectivity index (χ4v) is 3.95. The van der Waals surface area contributed by atoms with Crippen molar-refractivity contribution in [3.05, 3.63) is 29.3 Å². The quantitative estimate of drug-likeness (QED) is 0.801. The summed E-state index contributed by atoms with van der Waals surface area (Å²) in [6.07, 6.45) is 3.55. The highest BCUT2D eigenvalue weighted by Crippen LogP contribution is 2.19. The molecule has 2 N–H and O–H groups in total. The SMILES string of the molecule is CCc1ccc(CO)cc1S(=O)(=O)NCCC1CCCO1. The molecule has 0 aliphatic carbocycles. The van der Waals surface area contributed by atoms with Gasteiger partial charge in [-0.2, -0.15) is 0 Å². The van der Waals surface area contributed by atoms with Crippen molar-refractivity contribution in [1.29, 1.82) is 0 Å². The zero-order valence-corrected chi connectivity index (χ0v) is 13.2. The molecule has 0 aromatic heterocycles. The number of ether oxygens (including phenoxy) is 1. The Balaban J connectivity index is 2.06. The molecule has 2 rings (SSSR count). The topological polar surface area (TPSA) is 75.6 Å². The fraction of sp³-hybridized carbons (Fsp3) is 0.600. The van der Waals surface area contributed by atoms with E-state index in [1.54, 1.807) is 18.2 Å². The molecule has 0 spiro atoms. The number of sulfonamides is 1. The van der Waals surface area contributed by atoms with E-state index < -0.39 is 10.0 Å². The zero-order valence-electron chi connectivity index (χ0n) is 12.3. The van der Waals surface area contributed by atoms with E-state index in [-0.39, 0.29) is 17.6 Å². The maximum atomic E-state index is 12.4. The van der Waals surface area contributed by atoms with Crippen molar-refractivity contribution in [2.45, 2.75) is 50.2 Å². The summed E-state index contributed by atoms with van der Waals surface area (Å²) in [5, 5.41) is 9.18. The van der Waals surface area contributed by atoms with E-state index >= 15 is 0 Å². The van der Waals surface area contributed by atoms with Gasteiger partial charge in [-0.15, -0.1) is 0 Å². The molecule has 1 fully saturated rings. The van der Waals surface area contributed by atoms with Crippen LogP contribution in [-0.4, -0.2) is 32.8 Å². The van der Waals surface area contributed by atoms with E-state index in [2.05, 4.69) is 4.72 Å². The minimum atomic E-state index is -3.54. The molecule has 1 unspecified atom stereocenters. The minimum absolute atomic E-state index is 0.164. The molecule has 1 atom stereocenters. The summed E-state index contributed by atoms with van der Waals surface area (Å²) in [7, 11) is -3.54. The average Bonchev–Trinajstić information content (AvgIpc) is 2.99. The van der Waals surface area contributed by atoms with Crippen molar-refractivity contribution in [2.24, 2.45) is 0 Å². The number of benzene rings is 1. The van der Waals surface area contributed by atoms with Crippen molar-refractivity contribution in [2.75, 3.05) is 13.2 Å². The highest BCUT2D eigenvalue weighted by molar-refractivity contribution is 7.89. The van der Waals surface area contributed by atoms with E-state index in [0.717, 1.165) is 25.0 Å². The van der Waals surface area contributed by atoms with E-state index in [0.29, 0.717) is 24.9 Å². The third kappa shape index (κ3) is 4.26. The van der Waals surface area contributed by atoms with Crippen molar-refractivity contribution >= 4 is 10.0 Å². The lowest BCUT2D eigenvalue weighted by Gasteiger charge is -2.13. The summed E-state index contributed by atoms with van der Waals surface area (Å²) in [6, 6.07) is 5.07. The smallest absolute Gasteiger partial charge is 0.240 e. The standard InChI is InChI=1S/C15H23NO4S/c1-2-13-6-5-12(11-17)10-15(13)21(18,19)16-8-7-14-4-3-9-20-14/h5-6,10,14,16-17H,2-4,7-9,11H2,1H3. The number of aliphatic hydroxyl groups excluding tert-OH is 1. The normalized spacial score (nSPS) is 19.0. The molecule has 5 nitrogen and oxygen atoms in total. The van der Waals surface area contributed by atoms with Crippen LogP contribution in [0, 0.1) is 0 Å². The van der Waals surface area contributed by atoms with Crippen LogP contribution in [0.3, 0.4) is 0 Å². The largest absolute Gasteiger partial charge is 0.392 e. The molecule has 1 heterocycles. The van der Waals surface area contributed by atoms with Gasteiger partial charge in [-0.1, -0.05) is 19.1 Å². The monoisotopic (exact) mass is 313 g/mol. The fourth-order valence-electron chi connectivity index (χ4n) is 2.54. The molecule has 118 valence electrons. The first-order valence-electron chi connectivity index (χ1n) is 7.40. The van der Waals surface area contributed by atoms with Crippen molar-refractivity contribution in [1.82, 2.24) is 4.72 Å². The van der Waals surface area contributed by atoms with E-state index in [4.69, 9.17) is 4.74 Å². The number of aliphatic hydroxyl groups is 1. The summed E-state index contributed by atoms with van der Waals surface area (Å²) in [4.78, 5) is 0.267. The number of hydrogen-bond donors (Lipinski definition) is 2. The molecule has 0 amide bonds. The van der Waals surface area contributed by atoms with Crippen LogP contribution in [-0.2, 0) is 27.8 Å². The maximum absolute atomic E-state index is 12.4. The van der Waals surface area contributed by atoms with Gasteiger partial charge in [0, 0.05) is 13.2 Å². The van der Waals surface area contributed by atoms with Gasteiger partial charge in [-0.25, -0.2) is 13.1 Å². The molecule has 1 aromatic carbocycles. The van der Waals surface area contributed by atoms with Crippen LogP contribution in [0.25, 0.3) is 0 Å². The highest BCUT2D eigenvalue weighted by atomic mass is 32.2. The minimum Gasteiger partial charge on any atom is -0.392 e. The second-order valence-corrected chi connectivity index (χ2v) is 7.01. The average molecular weight is 313 g/mol. The summed E-state index contributed by atoms with van der Waals surface area (Å²) >= 11 is 0. The van der Waals surface area contributed by atoms with Gasteiger partial charge in [0.05, 0.1) is 17.6 Å². The first kappa shape index (κ1) is 16.4. The Morgan fingerprint density at radius 1 is 1.43 bits per heavy atom. The van der Waals surface area contributed by atoms with E-state index in [1.807, 2.05) is 6.92 Å². The van der Waals surface area contributed by atoms with E-state index in [1.165, 1.54) is 0 Å². The van der Waals surface area contributed by atoms with Crippen LogP contribution >= 0.6 is 0 Å². The van der Waals surface area contributed by atoms with Crippen LogP contribution in [0.4, 0.5) is 0 Å². The molecular formula is C15H23NO4S. The molecule has 1 aromatic rings. The maximum Gasteiger partial charge on any atom is 0.240 e. The molecule has 0 saturated carbocycles. The summed E-state index contributed by atoms with van der Waals surface area (Å²) in [5.74, 6) is 0. The van der Waals surface area contributed by atoms with Crippen LogP contribution in [0.2, 0.25) is 0 Å². The molecule has 0 radical (unpaired) electrons. The third-order valence-electron chi connectivity index (χ3n) is 3.77. The van der Waals surface area contributed by atoms with Gasteiger partial charge in [0.25, 0.3) is 0 Å². The molecule has 1 saturated heterocycles. The Labute approximate surface area is 126 Å². The molecule has 0 bridgehead atoms. The van der Waals surface area contributed by atoms with Gasteiger partial charge in [0.15, 0.2) is 0 Å². The lowest BCUT2D eigenvalue weighted by molar-refractivity contribution is 0.105. The highest BCUT2D eigenvalue weighted by Gasteiger charge is 2.20. The Morgan fingerprint density at radius 3 is 2.86 bits per heavy atom. The van der Waals surface area contributed by atoms with Crippen LogP contribution in [0.1, 0.15) is 37.3 Å². The van der Waals surface area contributed by atoms with E-state index in [9.17, 15) is 13.5 Å². The predicted octanol–water partition coefficient (Wildman–Crippen LogP) is 1.59. The van der Waals surface area contributed by atoms with Crippen LogP contribution in [0.15, 0.2) is 23.1 Å². The Morgan fingerprint density at radius 2 is 2.24 bits per heavy atom. The molecule has 1 aliphatic heterocycles. The van der Waals surface area contributed by atoms with Crippen molar-refractivity contribution < 1.29 is 18.3 Å². The lowest BCUT2D eigenvalue weighted by atomic mass is 10.1. The molecular weight excluding hydrogens is 290 g/mol. The van der Waals surface area contributed by atoms with Gasteiger partial charge in [-0.05, 0) is 42.9 Å². The Bertz CT molecular complexity index is 565. The van der Waals surface area contributed by atoms with Gasteiger partial charge < -0.3 is 9.84 Å². The number of aryl methyl sites for hydroxylation is 1. The lowest BCUT2D eigenvalue weighted by Crippen LogP contribution is -2.28. The van der Waals surface area contributed by atoms with Crippen LogP contribution in [0.5, 0.6) is 0 Å². The van der Waals surface area contributed by atoms with Crippen molar-refractivity contribution in [3.63, 3.8) is 0 Å². The second kappa shape index (κ2) is 7.35. The second-order valence-electron chi connectivity index (χ2n) is 5.28. The van der Waals surface area contributed by atoms with Gasteiger partial charge >= 0.3 is 0 Å². The Hall–Kier alpha value is -0.950. The summed E-state index contributed by atoms with van der Waals surface area (Å²) in [5.41, 5.74) is 1.36. The van der Waals surface area contributed by atoms with Gasteiger partial charge in [-0.3, -0.25) is 0 Å².